The van der Waals surface area contributed by atoms with Gasteiger partial charge in [0.2, 0.25) is 5.13 Å². The number of nitrogens with one attached hydrogen (secondary N) is 1. The van der Waals surface area contributed by atoms with Gasteiger partial charge in [-0.05, 0) is 69.7 Å². The Morgan fingerprint density at radius 2 is 1.89 bits per heavy atom. The number of methoxy groups -OCH3 is 2. The number of amides is 1. The Morgan fingerprint density at radius 3 is 2.45 bits per heavy atom. The minimum absolute atomic E-state index is 0.0461. The molecule has 2 N–H and O–H groups in total. The number of sulfonamides is 1. The van der Waals surface area contributed by atoms with Crippen molar-refractivity contribution in [2.24, 2.45) is 5.41 Å². The van der Waals surface area contributed by atoms with E-state index in [4.69, 9.17) is 25.8 Å². The van der Waals surface area contributed by atoms with E-state index in [9.17, 15) is 22.7 Å². The fourth-order valence-corrected chi connectivity index (χ4v) is 7.52. The lowest BCUT2D eigenvalue weighted by Crippen LogP contribution is -2.45. The van der Waals surface area contributed by atoms with E-state index in [1.54, 1.807) is 46.0 Å². The highest BCUT2D eigenvalue weighted by atomic mass is 35.5. The topological polar surface area (TPSA) is 131 Å². The molecule has 1 heterocycles. The van der Waals surface area contributed by atoms with Gasteiger partial charge in [-0.3, -0.25) is 0 Å². The fraction of sp³-hybridized carbons (Fsp3) is 0.484. The minimum atomic E-state index is -4.70. The summed E-state index contributed by atoms with van der Waals surface area (Å²) in [6, 6.07) is 6.18. The second-order valence-corrected chi connectivity index (χ2v) is 15.6. The first kappa shape index (κ1) is 36.4. The van der Waals surface area contributed by atoms with Gasteiger partial charge in [-0.1, -0.05) is 22.9 Å². The molecule has 0 spiro atoms. The molecule has 16 heteroatoms. The van der Waals surface area contributed by atoms with Gasteiger partial charge in [0.15, 0.2) is 5.13 Å². The van der Waals surface area contributed by atoms with Crippen LogP contribution in [-0.2, 0) is 21.3 Å². The molecule has 258 valence electrons. The summed E-state index contributed by atoms with van der Waals surface area (Å²) < 4.78 is 74.8. The lowest BCUT2D eigenvalue weighted by Gasteiger charge is -2.33. The zero-order valence-corrected chi connectivity index (χ0v) is 29.4. The summed E-state index contributed by atoms with van der Waals surface area (Å²) in [6.07, 6.45) is 2.35. The van der Waals surface area contributed by atoms with Crippen molar-refractivity contribution in [1.82, 2.24) is 9.88 Å². The van der Waals surface area contributed by atoms with Crippen molar-refractivity contribution < 1.29 is 41.3 Å². The molecule has 0 saturated heterocycles. The van der Waals surface area contributed by atoms with Crippen molar-refractivity contribution in [3.05, 3.63) is 58.1 Å². The van der Waals surface area contributed by atoms with Crippen LogP contribution in [0.3, 0.4) is 0 Å². The third kappa shape index (κ3) is 8.75. The third-order valence-corrected chi connectivity index (χ3v) is 10.8. The largest absolute Gasteiger partial charge is 0.497 e. The van der Waals surface area contributed by atoms with Crippen LogP contribution in [0.2, 0.25) is 5.02 Å². The zero-order valence-electron chi connectivity index (χ0n) is 27.0. The first-order valence-corrected chi connectivity index (χ1v) is 17.3. The average Bonchev–Trinajstić information content (AvgIpc) is 3.67. The van der Waals surface area contributed by atoms with Gasteiger partial charge in [0.25, 0.3) is 10.0 Å². The number of rotatable bonds is 14. The highest BCUT2D eigenvalue weighted by molar-refractivity contribution is 7.93. The maximum Gasteiger partial charge on any atom is 0.410 e. The normalized spacial score (nSPS) is 14.7. The summed E-state index contributed by atoms with van der Waals surface area (Å²) in [6.45, 7) is 4.94. The summed E-state index contributed by atoms with van der Waals surface area (Å²) in [5.74, 6) is -0.365. The van der Waals surface area contributed by atoms with Gasteiger partial charge in [0.1, 0.15) is 27.8 Å². The van der Waals surface area contributed by atoms with Crippen molar-refractivity contribution >= 4 is 49.9 Å². The van der Waals surface area contributed by atoms with Gasteiger partial charge in [0.05, 0.1) is 43.7 Å². The number of hydrogen-bond donors (Lipinski definition) is 2. The molecule has 11 nitrogen and oxygen atoms in total. The van der Waals surface area contributed by atoms with Crippen molar-refractivity contribution in [1.29, 1.82) is 0 Å². The molecule has 0 bridgehead atoms. The number of thiazole rings is 1. The number of aromatic nitrogens is 1. The van der Waals surface area contributed by atoms with Crippen LogP contribution in [0.15, 0.2) is 41.4 Å². The Balaban J connectivity index is 1.63. The van der Waals surface area contributed by atoms with Gasteiger partial charge in [-0.2, -0.15) is 4.39 Å². The van der Waals surface area contributed by atoms with E-state index in [0.29, 0.717) is 34.8 Å². The van der Waals surface area contributed by atoms with Gasteiger partial charge in [0, 0.05) is 31.8 Å². The summed E-state index contributed by atoms with van der Waals surface area (Å²) in [4.78, 5) is 17.5. The van der Waals surface area contributed by atoms with Crippen LogP contribution in [0.1, 0.15) is 45.6 Å². The monoisotopic (exact) mass is 716 g/mol. The molecule has 1 fully saturated rings. The number of likely N-dealkylation sites (N-methyl/N-ethyl adjacent to an activating group) is 1. The van der Waals surface area contributed by atoms with Crippen molar-refractivity contribution in [3.8, 4) is 11.5 Å². The number of halogens is 3. The number of carbonyl (C=O) groups is 1. The van der Waals surface area contributed by atoms with Crippen LogP contribution in [0, 0.1) is 16.4 Å². The van der Waals surface area contributed by atoms with Crippen LogP contribution in [0.4, 0.5) is 24.4 Å². The molecule has 3 aromatic rings. The molecular formula is C31H39ClF2N4O7S2. The number of ether oxygens (including phenoxy) is 3. The molecule has 1 saturated carbocycles. The van der Waals surface area contributed by atoms with E-state index in [1.807, 2.05) is 0 Å². The van der Waals surface area contributed by atoms with Crippen molar-refractivity contribution in [3.63, 3.8) is 0 Å². The first-order valence-electron chi connectivity index (χ1n) is 14.7. The molecule has 2 aromatic carbocycles. The molecule has 1 aromatic heterocycles. The predicted octanol–water partition coefficient (Wildman–Crippen LogP) is 6.30. The molecule has 0 aliphatic heterocycles. The summed E-state index contributed by atoms with van der Waals surface area (Å²) in [5.41, 5.74) is -0.597. The number of benzene rings is 2. The smallest absolute Gasteiger partial charge is 0.410 e. The zero-order chi connectivity index (χ0) is 34.7. The Labute approximate surface area is 282 Å². The van der Waals surface area contributed by atoms with Crippen LogP contribution in [0.25, 0.3) is 0 Å². The number of carbonyl (C=O) groups excluding carboxylic acids is 1. The molecule has 1 amide bonds. The van der Waals surface area contributed by atoms with Crippen LogP contribution >= 0.6 is 22.9 Å². The molecule has 4 rings (SSSR count). The lowest BCUT2D eigenvalue weighted by atomic mass is 9.97. The van der Waals surface area contributed by atoms with Gasteiger partial charge < -0.3 is 29.5 Å². The molecule has 1 atom stereocenters. The number of aliphatic hydroxyl groups is 1. The number of aliphatic hydroxyl groups excluding tert-OH is 1. The fourth-order valence-electron chi connectivity index (χ4n) is 4.89. The van der Waals surface area contributed by atoms with Crippen molar-refractivity contribution in [2.45, 2.75) is 63.1 Å². The number of nitrogens with zero attached hydrogens (tertiary/aromatic N) is 3. The van der Waals surface area contributed by atoms with Gasteiger partial charge in [-0.25, -0.2) is 26.9 Å². The lowest BCUT2D eigenvalue weighted by molar-refractivity contribution is 0.0195. The second-order valence-electron chi connectivity index (χ2n) is 12.4. The second kappa shape index (κ2) is 14.4. The maximum atomic E-state index is 15.8. The van der Waals surface area contributed by atoms with E-state index >= 15 is 4.39 Å². The maximum absolute atomic E-state index is 15.8. The van der Waals surface area contributed by atoms with Crippen LogP contribution in [-0.4, -0.2) is 75.6 Å². The van der Waals surface area contributed by atoms with E-state index in [2.05, 4.69) is 10.3 Å². The summed E-state index contributed by atoms with van der Waals surface area (Å²) in [5, 5.41) is 11.9. The predicted molar refractivity (Wildman–Crippen MR) is 176 cm³/mol. The first-order chi connectivity index (χ1) is 22.0. The Bertz CT molecular complexity index is 1700. The Hall–Kier alpha value is -3.40. The minimum Gasteiger partial charge on any atom is -0.497 e. The molecular weight excluding hydrogens is 678 g/mol. The highest BCUT2D eigenvalue weighted by Crippen LogP contribution is 2.49. The van der Waals surface area contributed by atoms with Gasteiger partial charge >= 0.3 is 6.09 Å². The SMILES string of the molecule is COc1ccc(CN(c2ncc(F)s2)S(=O)(=O)c2cc(Cl)c(NC[C@H](CC3(CO)CC3)N(C)C(=O)OC(C)(C)C)cc2F)c(OC)c1. The quantitative estimate of drug-likeness (QED) is 0.198. The molecule has 0 radical (unpaired) electrons. The molecule has 0 unspecified atom stereocenters. The molecule has 1 aliphatic rings. The molecule has 1 aliphatic carbocycles. The van der Waals surface area contributed by atoms with Crippen molar-refractivity contribution in [2.75, 3.05) is 44.0 Å². The summed E-state index contributed by atoms with van der Waals surface area (Å²) >= 11 is 7.00. The van der Waals surface area contributed by atoms with E-state index < -0.39 is 43.6 Å². The van der Waals surface area contributed by atoms with E-state index in [0.717, 1.165) is 35.5 Å². The third-order valence-electron chi connectivity index (χ3n) is 7.79. The Morgan fingerprint density at radius 1 is 1.19 bits per heavy atom. The molecule has 47 heavy (non-hydrogen) atoms. The van der Waals surface area contributed by atoms with Crippen LogP contribution in [0.5, 0.6) is 11.5 Å². The van der Waals surface area contributed by atoms with E-state index in [-0.39, 0.29) is 41.0 Å². The number of hydrogen-bond acceptors (Lipinski definition) is 10. The standard InChI is InChI=1S/C31H39ClF2N4O7S2/c1-30(2,3)45-29(40)37(4)20(14-31(18-39)9-10-31)15-35-24-13-23(33)26(12-22(24)32)47(41,42)38(28-36-16-27(34)46-28)17-19-7-8-21(43-5)11-25(19)44-6/h7-8,11-13,16,20,35,39H,9-10,14-15,17-18H2,1-6H3/t20-/m0/s1. The average molecular weight is 717 g/mol. The number of anilines is 2. The van der Waals surface area contributed by atoms with Crippen LogP contribution < -0.4 is 19.1 Å². The van der Waals surface area contributed by atoms with E-state index in [1.165, 1.54) is 19.1 Å². The Kier molecular flexibility index (Phi) is 11.1. The highest BCUT2D eigenvalue weighted by Gasteiger charge is 2.45. The summed E-state index contributed by atoms with van der Waals surface area (Å²) in [7, 11) is -0.253. The van der Waals surface area contributed by atoms with Gasteiger partial charge in [-0.15, -0.1) is 0 Å².